The van der Waals surface area contributed by atoms with Gasteiger partial charge in [0.1, 0.15) is 6.17 Å². The van der Waals surface area contributed by atoms with Crippen LogP contribution in [0.5, 0.6) is 0 Å². The first-order valence-corrected chi connectivity index (χ1v) is 4.73. The van der Waals surface area contributed by atoms with Gasteiger partial charge < -0.3 is 16.0 Å². The highest BCUT2D eigenvalue weighted by atomic mass is 15.3. The van der Waals surface area contributed by atoms with E-state index in [4.69, 9.17) is 5.73 Å². The lowest BCUT2D eigenvalue weighted by atomic mass is 10.4. The van der Waals surface area contributed by atoms with Crippen LogP contribution < -0.4 is 16.4 Å². The van der Waals surface area contributed by atoms with E-state index in [1.807, 2.05) is 26.1 Å². The number of nitrogens with two attached hydrogens (primary N) is 1. The van der Waals surface area contributed by atoms with E-state index in [0.29, 0.717) is 11.9 Å². The number of nitrogens with zero attached hydrogens (tertiary/aromatic N) is 2. The van der Waals surface area contributed by atoms with Crippen LogP contribution >= 0.6 is 0 Å². The van der Waals surface area contributed by atoms with Gasteiger partial charge in [-0.15, -0.1) is 0 Å². The minimum Gasteiger partial charge on any atom is -0.370 e. The van der Waals surface area contributed by atoms with Crippen LogP contribution in [0.2, 0.25) is 0 Å². The zero-order valence-corrected chi connectivity index (χ0v) is 8.70. The van der Waals surface area contributed by atoms with Gasteiger partial charge in [-0.1, -0.05) is 0 Å². The zero-order valence-electron chi connectivity index (χ0n) is 8.70. The maximum Gasteiger partial charge on any atom is 0.204 e. The molecule has 80 valence electrons. The number of aliphatic imine (C=N–C) groups is 2. The van der Waals surface area contributed by atoms with Crippen molar-refractivity contribution in [1.82, 2.24) is 10.3 Å². The van der Waals surface area contributed by atoms with Crippen molar-refractivity contribution in [1.29, 1.82) is 0 Å². The number of aromatic amines is 1. The summed E-state index contributed by atoms with van der Waals surface area (Å²) in [5.41, 5.74) is 7.62. The SMILES string of the molecule is Cc1cc(NC2=NC(C)N=C(N)N2)c[nH]1. The molecular weight excluding hydrogens is 192 g/mol. The molecule has 0 fully saturated rings. The third-order valence-corrected chi connectivity index (χ3v) is 1.98. The maximum absolute atomic E-state index is 5.58. The van der Waals surface area contributed by atoms with Crippen LogP contribution in [0.25, 0.3) is 0 Å². The van der Waals surface area contributed by atoms with Gasteiger partial charge in [-0.3, -0.25) is 5.32 Å². The highest BCUT2D eigenvalue weighted by Crippen LogP contribution is 2.08. The predicted molar refractivity (Wildman–Crippen MR) is 60.8 cm³/mol. The Bertz CT molecular complexity index is 416. The number of anilines is 1. The molecule has 2 heterocycles. The molecule has 6 heteroatoms. The molecule has 0 saturated heterocycles. The standard InChI is InChI=1S/C9H14N6/c1-5-3-7(4-11-5)14-9-13-6(2)12-8(10)15-9/h3-4,6,11H,1-2H3,(H4,10,12,13,14,15). The zero-order chi connectivity index (χ0) is 10.8. The molecule has 1 atom stereocenters. The molecule has 2 rings (SSSR count). The van der Waals surface area contributed by atoms with Crippen LogP contribution in [0.15, 0.2) is 22.2 Å². The molecule has 1 aromatic rings. The van der Waals surface area contributed by atoms with Crippen LogP contribution in [-0.4, -0.2) is 23.1 Å². The van der Waals surface area contributed by atoms with Crippen LogP contribution in [0.1, 0.15) is 12.6 Å². The number of hydrogen-bond acceptors (Lipinski definition) is 5. The smallest absolute Gasteiger partial charge is 0.204 e. The molecule has 1 aromatic heterocycles. The summed E-state index contributed by atoms with van der Waals surface area (Å²) in [5, 5.41) is 5.97. The normalized spacial score (nSPS) is 20.3. The molecule has 0 spiro atoms. The van der Waals surface area contributed by atoms with E-state index >= 15 is 0 Å². The van der Waals surface area contributed by atoms with Crippen LogP contribution in [0.3, 0.4) is 0 Å². The van der Waals surface area contributed by atoms with Crippen LogP contribution in [0.4, 0.5) is 5.69 Å². The minimum absolute atomic E-state index is 0.145. The Morgan fingerprint density at radius 1 is 1.47 bits per heavy atom. The third-order valence-electron chi connectivity index (χ3n) is 1.98. The molecule has 1 aliphatic rings. The van der Waals surface area contributed by atoms with Gasteiger partial charge in [-0.05, 0) is 19.9 Å². The lowest BCUT2D eigenvalue weighted by Crippen LogP contribution is -2.44. The Labute approximate surface area is 87.7 Å². The van der Waals surface area contributed by atoms with Crippen molar-refractivity contribution in [2.24, 2.45) is 15.7 Å². The molecule has 1 unspecified atom stereocenters. The average Bonchev–Trinajstić information content (AvgIpc) is 2.49. The summed E-state index contributed by atoms with van der Waals surface area (Å²) < 4.78 is 0. The lowest BCUT2D eigenvalue weighted by Gasteiger charge is -2.16. The molecule has 0 amide bonds. The van der Waals surface area contributed by atoms with Crippen molar-refractivity contribution in [3.63, 3.8) is 0 Å². The minimum atomic E-state index is -0.145. The van der Waals surface area contributed by atoms with E-state index in [2.05, 4.69) is 25.6 Å². The fourth-order valence-electron chi connectivity index (χ4n) is 1.38. The van der Waals surface area contributed by atoms with Gasteiger partial charge in [-0.25, -0.2) is 9.98 Å². The van der Waals surface area contributed by atoms with Gasteiger partial charge in [0.05, 0.1) is 5.69 Å². The number of nitrogens with one attached hydrogen (secondary N) is 3. The molecule has 5 N–H and O–H groups in total. The molecular formula is C9H14N6. The summed E-state index contributed by atoms with van der Waals surface area (Å²) >= 11 is 0. The van der Waals surface area contributed by atoms with E-state index in [9.17, 15) is 0 Å². The molecule has 0 aliphatic carbocycles. The molecule has 0 bridgehead atoms. The maximum atomic E-state index is 5.58. The number of H-pyrrole nitrogens is 1. The Morgan fingerprint density at radius 3 is 2.87 bits per heavy atom. The Balaban J connectivity index is 2.07. The summed E-state index contributed by atoms with van der Waals surface area (Å²) in [6, 6.07) is 1.98. The van der Waals surface area contributed by atoms with Crippen molar-refractivity contribution in [2.45, 2.75) is 20.0 Å². The molecule has 6 nitrogen and oxygen atoms in total. The van der Waals surface area contributed by atoms with Gasteiger partial charge in [0.25, 0.3) is 0 Å². The topological polar surface area (TPSA) is 90.6 Å². The highest BCUT2D eigenvalue weighted by molar-refractivity contribution is 6.05. The number of hydrogen-bond donors (Lipinski definition) is 4. The molecule has 0 aromatic carbocycles. The lowest BCUT2D eigenvalue weighted by molar-refractivity contribution is 0.766. The van der Waals surface area contributed by atoms with Crippen molar-refractivity contribution in [3.8, 4) is 0 Å². The first-order chi connectivity index (χ1) is 7.13. The van der Waals surface area contributed by atoms with Gasteiger partial charge in [0.15, 0.2) is 5.96 Å². The molecule has 1 aliphatic heterocycles. The van der Waals surface area contributed by atoms with E-state index in [1.165, 1.54) is 0 Å². The second-order valence-corrected chi connectivity index (χ2v) is 3.45. The summed E-state index contributed by atoms with van der Waals surface area (Å²) in [6.07, 6.45) is 1.72. The fraction of sp³-hybridized carbons (Fsp3) is 0.333. The second-order valence-electron chi connectivity index (χ2n) is 3.45. The van der Waals surface area contributed by atoms with Gasteiger partial charge >= 0.3 is 0 Å². The fourth-order valence-corrected chi connectivity index (χ4v) is 1.38. The largest absolute Gasteiger partial charge is 0.370 e. The van der Waals surface area contributed by atoms with E-state index < -0.39 is 0 Å². The van der Waals surface area contributed by atoms with Crippen molar-refractivity contribution < 1.29 is 0 Å². The highest BCUT2D eigenvalue weighted by Gasteiger charge is 2.10. The summed E-state index contributed by atoms with van der Waals surface area (Å²) in [6.45, 7) is 3.86. The Hall–Kier alpha value is -1.98. The predicted octanol–water partition coefficient (Wildman–Crippen LogP) is 0.355. The first kappa shape index (κ1) is 9.57. The number of guanidine groups is 2. The quantitative estimate of drug-likeness (QED) is 0.534. The summed E-state index contributed by atoms with van der Waals surface area (Å²) in [7, 11) is 0. The van der Waals surface area contributed by atoms with Crippen molar-refractivity contribution >= 4 is 17.6 Å². The molecule has 15 heavy (non-hydrogen) atoms. The average molecular weight is 206 g/mol. The third kappa shape index (κ3) is 2.28. The van der Waals surface area contributed by atoms with Gasteiger partial charge in [0, 0.05) is 11.9 Å². The van der Waals surface area contributed by atoms with Crippen LogP contribution in [-0.2, 0) is 0 Å². The van der Waals surface area contributed by atoms with Gasteiger partial charge in [-0.2, -0.15) is 0 Å². The Morgan fingerprint density at radius 2 is 2.27 bits per heavy atom. The van der Waals surface area contributed by atoms with E-state index in [1.54, 1.807) is 0 Å². The van der Waals surface area contributed by atoms with Crippen LogP contribution in [0, 0.1) is 6.92 Å². The second kappa shape index (κ2) is 3.64. The number of rotatable bonds is 1. The molecule has 0 radical (unpaired) electrons. The Kier molecular flexibility index (Phi) is 2.32. The number of aryl methyl sites for hydroxylation is 1. The first-order valence-electron chi connectivity index (χ1n) is 4.73. The monoisotopic (exact) mass is 206 g/mol. The van der Waals surface area contributed by atoms with E-state index in [-0.39, 0.29) is 6.17 Å². The van der Waals surface area contributed by atoms with Crippen molar-refractivity contribution in [3.05, 3.63) is 18.0 Å². The summed E-state index contributed by atoms with van der Waals surface area (Å²) in [5.74, 6) is 1.00. The van der Waals surface area contributed by atoms with Crippen molar-refractivity contribution in [2.75, 3.05) is 5.32 Å². The van der Waals surface area contributed by atoms with Gasteiger partial charge in [0.2, 0.25) is 5.96 Å². The van der Waals surface area contributed by atoms with E-state index in [0.717, 1.165) is 11.4 Å². The molecule has 0 saturated carbocycles. The number of aromatic nitrogens is 1. The summed E-state index contributed by atoms with van der Waals surface area (Å²) in [4.78, 5) is 11.4.